The SMILES string of the molecule is COc1cc(NC(=O)CN2C(=O)[C@H]3CCCCN3C(=O)c3ccccc32)cc(OC)c1OC. The van der Waals surface area contributed by atoms with Crippen LogP contribution in [-0.4, -0.2) is 63.1 Å². The molecule has 0 spiro atoms. The highest BCUT2D eigenvalue weighted by Crippen LogP contribution is 2.40. The van der Waals surface area contributed by atoms with Crippen molar-refractivity contribution in [3.05, 3.63) is 42.0 Å². The molecule has 0 saturated carbocycles. The maximum atomic E-state index is 13.5. The van der Waals surface area contributed by atoms with Crippen LogP contribution in [0.4, 0.5) is 11.4 Å². The first kappa shape index (κ1) is 22.4. The maximum Gasteiger partial charge on any atom is 0.256 e. The Morgan fingerprint density at radius 1 is 1.03 bits per heavy atom. The molecular formula is C24H27N3O6. The van der Waals surface area contributed by atoms with Crippen molar-refractivity contribution in [2.45, 2.75) is 25.3 Å². The molecule has 2 aromatic carbocycles. The summed E-state index contributed by atoms with van der Waals surface area (Å²) in [5, 5.41) is 2.80. The van der Waals surface area contributed by atoms with Crippen molar-refractivity contribution in [1.29, 1.82) is 0 Å². The molecule has 2 aliphatic rings. The quantitative estimate of drug-likeness (QED) is 0.722. The Bertz CT molecular complexity index is 1060. The smallest absolute Gasteiger partial charge is 0.256 e. The number of ether oxygens (including phenoxy) is 3. The zero-order chi connectivity index (χ0) is 23.5. The van der Waals surface area contributed by atoms with Gasteiger partial charge in [0.25, 0.3) is 5.91 Å². The molecule has 0 bridgehead atoms. The van der Waals surface area contributed by atoms with Gasteiger partial charge in [0.1, 0.15) is 12.6 Å². The molecule has 2 heterocycles. The van der Waals surface area contributed by atoms with Gasteiger partial charge in [-0.3, -0.25) is 14.4 Å². The number of nitrogens with zero attached hydrogens (tertiary/aromatic N) is 2. The summed E-state index contributed by atoms with van der Waals surface area (Å²) in [5.74, 6) is 0.373. The Morgan fingerprint density at radius 2 is 1.73 bits per heavy atom. The molecule has 4 rings (SSSR count). The fourth-order valence-corrected chi connectivity index (χ4v) is 4.44. The standard InChI is InChI=1S/C24H27N3O6/c1-31-19-12-15(13-20(32-2)22(19)33-3)25-21(28)14-27-17-9-5-4-8-16(17)23(29)26-11-7-6-10-18(26)24(27)30/h4-5,8-9,12-13,18H,6-7,10-11,14H2,1-3H3,(H,25,28)/t18-/m1/s1. The monoisotopic (exact) mass is 453 g/mol. The molecule has 1 N–H and O–H groups in total. The number of nitrogens with one attached hydrogen (secondary N) is 1. The number of hydrogen-bond acceptors (Lipinski definition) is 6. The summed E-state index contributed by atoms with van der Waals surface area (Å²) in [4.78, 5) is 42.7. The lowest BCUT2D eigenvalue weighted by Crippen LogP contribution is -2.52. The third-order valence-electron chi connectivity index (χ3n) is 5.99. The molecular weight excluding hydrogens is 426 g/mol. The van der Waals surface area contributed by atoms with Crippen LogP contribution in [0.15, 0.2) is 36.4 Å². The molecule has 1 fully saturated rings. The molecule has 0 aromatic heterocycles. The summed E-state index contributed by atoms with van der Waals surface area (Å²) in [5.41, 5.74) is 1.30. The molecule has 2 aromatic rings. The molecule has 174 valence electrons. The average Bonchev–Trinajstić information content (AvgIpc) is 2.93. The van der Waals surface area contributed by atoms with Crippen LogP contribution < -0.4 is 24.4 Å². The highest BCUT2D eigenvalue weighted by molar-refractivity contribution is 6.13. The number of methoxy groups -OCH3 is 3. The molecule has 33 heavy (non-hydrogen) atoms. The van der Waals surface area contributed by atoms with Crippen LogP contribution in [0.5, 0.6) is 17.2 Å². The molecule has 0 aliphatic carbocycles. The fourth-order valence-electron chi connectivity index (χ4n) is 4.44. The largest absolute Gasteiger partial charge is 0.493 e. The summed E-state index contributed by atoms with van der Waals surface area (Å²) < 4.78 is 16.0. The van der Waals surface area contributed by atoms with Gasteiger partial charge in [0, 0.05) is 24.4 Å². The lowest BCUT2D eigenvalue weighted by atomic mass is 10.0. The van der Waals surface area contributed by atoms with Crippen molar-refractivity contribution in [3.8, 4) is 17.2 Å². The summed E-state index contributed by atoms with van der Waals surface area (Å²) in [6.45, 7) is 0.305. The van der Waals surface area contributed by atoms with Crippen LogP contribution in [0.25, 0.3) is 0 Å². The van der Waals surface area contributed by atoms with Crippen LogP contribution in [0, 0.1) is 0 Å². The van der Waals surface area contributed by atoms with E-state index in [0.29, 0.717) is 47.2 Å². The molecule has 0 unspecified atom stereocenters. The predicted molar refractivity (Wildman–Crippen MR) is 122 cm³/mol. The second kappa shape index (κ2) is 9.40. The number of fused-ring (bicyclic) bond motifs is 2. The normalized spacial score (nSPS) is 17.6. The third-order valence-corrected chi connectivity index (χ3v) is 5.99. The topological polar surface area (TPSA) is 97.4 Å². The fraction of sp³-hybridized carbons (Fsp3) is 0.375. The van der Waals surface area contributed by atoms with Gasteiger partial charge in [-0.2, -0.15) is 0 Å². The van der Waals surface area contributed by atoms with Crippen molar-refractivity contribution >= 4 is 29.1 Å². The van der Waals surface area contributed by atoms with Crippen LogP contribution >= 0.6 is 0 Å². The molecule has 2 aliphatic heterocycles. The first-order valence-corrected chi connectivity index (χ1v) is 10.8. The number of carbonyl (C=O) groups is 3. The van der Waals surface area contributed by atoms with Crippen molar-refractivity contribution in [3.63, 3.8) is 0 Å². The highest BCUT2D eigenvalue weighted by atomic mass is 16.5. The van der Waals surface area contributed by atoms with E-state index in [1.54, 1.807) is 41.3 Å². The van der Waals surface area contributed by atoms with Crippen LogP contribution in [0.1, 0.15) is 29.6 Å². The van der Waals surface area contributed by atoms with E-state index in [-0.39, 0.29) is 18.4 Å². The average molecular weight is 453 g/mol. The molecule has 9 nitrogen and oxygen atoms in total. The zero-order valence-electron chi connectivity index (χ0n) is 18.9. The van der Waals surface area contributed by atoms with Crippen LogP contribution in [-0.2, 0) is 9.59 Å². The highest BCUT2D eigenvalue weighted by Gasteiger charge is 2.41. The Kier molecular flexibility index (Phi) is 6.39. The van der Waals surface area contributed by atoms with Gasteiger partial charge in [0.15, 0.2) is 11.5 Å². The first-order valence-electron chi connectivity index (χ1n) is 10.8. The van der Waals surface area contributed by atoms with Crippen molar-refractivity contribution in [1.82, 2.24) is 4.90 Å². The Balaban J connectivity index is 1.63. The second-order valence-electron chi connectivity index (χ2n) is 7.91. The van der Waals surface area contributed by atoms with Gasteiger partial charge in [-0.15, -0.1) is 0 Å². The minimum Gasteiger partial charge on any atom is -0.493 e. The Labute approximate surface area is 192 Å². The molecule has 0 radical (unpaired) electrons. The summed E-state index contributed by atoms with van der Waals surface area (Å²) in [6.07, 6.45) is 2.31. The predicted octanol–water partition coefficient (Wildman–Crippen LogP) is 2.69. The number of para-hydroxylation sites is 1. The molecule has 9 heteroatoms. The van der Waals surface area contributed by atoms with Crippen molar-refractivity contribution in [2.75, 3.05) is 44.6 Å². The minimum atomic E-state index is -0.562. The summed E-state index contributed by atoms with van der Waals surface area (Å²) in [7, 11) is 4.47. The van der Waals surface area contributed by atoms with Gasteiger partial charge >= 0.3 is 0 Å². The van der Waals surface area contributed by atoms with Gasteiger partial charge in [0.05, 0.1) is 32.6 Å². The Morgan fingerprint density at radius 3 is 2.39 bits per heavy atom. The lowest BCUT2D eigenvalue weighted by molar-refractivity contribution is -0.125. The number of amides is 3. The maximum absolute atomic E-state index is 13.5. The van der Waals surface area contributed by atoms with E-state index in [0.717, 1.165) is 12.8 Å². The molecule has 1 atom stereocenters. The van der Waals surface area contributed by atoms with Gasteiger partial charge < -0.3 is 29.3 Å². The number of rotatable bonds is 6. The number of hydrogen-bond donors (Lipinski definition) is 1. The van der Waals surface area contributed by atoms with E-state index in [1.165, 1.54) is 26.2 Å². The van der Waals surface area contributed by atoms with E-state index < -0.39 is 11.9 Å². The van der Waals surface area contributed by atoms with Crippen molar-refractivity contribution < 1.29 is 28.6 Å². The van der Waals surface area contributed by atoms with E-state index in [4.69, 9.17) is 14.2 Å². The molecule has 3 amide bonds. The van der Waals surface area contributed by atoms with Gasteiger partial charge in [-0.1, -0.05) is 12.1 Å². The van der Waals surface area contributed by atoms with Crippen molar-refractivity contribution in [2.24, 2.45) is 0 Å². The van der Waals surface area contributed by atoms with Crippen LogP contribution in [0.2, 0.25) is 0 Å². The second-order valence-corrected chi connectivity index (χ2v) is 7.91. The van der Waals surface area contributed by atoms with E-state index >= 15 is 0 Å². The van der Waals surface area contributed by atoms with E-state index in [2.05, 4.69) is 5.32 Å². The van der Waals surface area contributed by atoms with Crippen LogP contribution in [0.3, 0.4) is 0 Å². The number of carbonyl (C=O) groups excluding carboxylic acids is 3. The number of benzene rings is 2. The third kappa shape index (κ3) is 4.18. The summed E-state index contributed by atoms with van der Waals surface area (Å²) in [6, 6.07) is 9.59. The summed E-state index contributed by atoms with van der Waals surface area (Å²) >= 11 is 0. The van der Waals surface area contributed by atoms with E-state index in [1.807, 2.05) is 0 Å². The minimum absolute atomic E-state index is 0.170. The Hall–Kier alpha value is -3.75. The van der Waals surface area contributed by atoms with Gasteiger partial charge in [-0.25, -0.2) is 0 Å². The number of anilines is 2. The zero-order valence-corrected chi connectivity index (χ0v) is 18.9. The number of piperidine rings is 1. The van der Waals surface area contributed by atoms with E-state index in [9.17, 15) is 14.4 Å². The lowest BCUT2D eigenvalue weighted by Gasteiger charge is -2.34. The van der Waals surface area contributed by atoms with Gasteiger partial charge in [0.2, 0.25) is 17.6 Å². The van der Waals surface area contributed by atoms with Gasteiger partial charge in [-0.05, 0) is 31.4 Å². The first-order chi connectivity index (χ1) is 16.0. The molecule has 1 saturated heterocycles.